The second kappa shape index (κ2) is 23.7. The van der Waals surface area contributed by atoms with Gasteiger partial charge in [0.2, 0.25) is 0 Å². The average Bonchev–Trinajstić information content (AvgIpc) is 3.92. The number of halogens is 13. The summed E-state index contributed by atoms with van der Waals surface area (Å²) in [5, 5.41) is 18.7. The van der Waals surface area contributed by atoms with Gasteiger partial charge in [0.25, 0.3) is 0 Å². The van der Waals surface area contributed by atoms with Gasteiger partial charge in [0.15, 0.2) is 11.4 Å². The van der Waals surface area contributed by atoms with Crippen molar-refractivity contribution in [3.63, 3.8) is 0 Å². The maximum absolute atomic E-state index is 13.5. The third-order valence-electron chi connectivity index (χ3n) is 10.3. The van der Waals surface area contributed by atoms with E-state index in [0.717, 1.165) is 32.6 Å². The molecule has 0 saturated heterocycles. The number of carbonyl (C=O) groups excluding carboxylic acids is 1. The van der Waals surface area contributed by atoms with Gasteiger partial charge in [-0.25, -0.2) is 14.2 Å². The van der Waals surface area contributed by atoms with Crippen LogP contribution in [0.3, 0.4) is 0 Å². The number of carbonyl (C=O) groups is 1. The molecule has 0 unspecified atom stereocenters. The zero-order valence-corrected chi connectivity index (χ0v) is 44.9. The second-order valence-electron chi connectivity index (χ2n) is 15.4. The van der Waals surface area contributed by atoms with Crippen molar-refractivity contribution in [3.05, 3.63) is 194 Å². The van der Waals surface area contributed by atoms with Crippen LogP contribution in [0.15, 0.2) is 133 Å². The van der Waals surface area contributed by atoms with Crippen LogP contribution in [0.2, 0.25) is 30.1 Å². The molecule has 8 rings (SSSR count). The van der Waals surface area contributed by atoms with Crippen LogP contribution in [-0.2, 0) is 22.7 Å². The molecular weight excluding hydrogens is 1140 g/mol. The van der Waals surface area contributed by atoms with E-state index < -0.39 is 35.3 Å². The molecule has 0 aliphatic heterocycles. The molecule has 2 aromatic heterocycles. The molecule has 8 aromatic rings. The topological polar surface area (TPSA) is 82.2 Å². The minimum Gasteiger partial charge on any atom is -1.00 e. The summed E-state index contributed by atoms with van der Waals surface area (Å²) in [5.41, 5.74) is 1.64. The van der Waals surface area contributed by atoms with Gasteiger partial charge >= 0.3 is 41.4 Å². The zero-order chi connectivity index (χ0) is 49.5. The number of hydrogen-bond acceptors (Lipinski definition) is 5. The van der Waals surface area contributed by atoms with E-state index in [1.165, 1.54) is 31.4 Å². The number of aliphatic hydroxyl groups is 1. The first-order valence-corrected chi connectivity index (χ1v) is 22.1. The Labute approximate surface area is 461 Å². The molecule has 0 radical (unpaired) electrons. The van der Waals surface area contributed by atoms with E-state index in [1.54, 1.807) is 86.6 Å². The normalized spacial score (nSPS) is 11.4. The molecule has 0 spiro atoms. The Kier molecular flexibility index (Phi) is 19.8. The molecule has 0 saturated carbocycles. The first-order chi connectivity index (χ1) is 32.0. The van der Waals surface area contributed by atoms with Crippen molar-refractivity contribution < 1.29 is 58.0 Å². The molecule has 1 N–H and O–H groups in total. The summed E-state index contributed by atoms with van der Waals surface area (Å²) < 4.78 is 88.0. The number of methoxy groups -OCH3 is 1. The minimum absolute atomic E-state index is 0. The molecule has 7 nitrogen and oxygen atoms in total. The van der Waals surface area contributed by atoms with Gasteiger partial charge in [-0.05, 0) is 108 Å². The second-order valence-corrected chi connectivity index (χ2v) is 17.8. The smallest absolute Gasteiger partial charge is 1.00 e. The van der Waals surface area contributed by atoms with Crippen molar-refractivity contribution >= 4 is 98.6 Å². The van der Waals surface area contributed by atoms with E-state index in [2.05, 4.69) is 10.2 Å². The zero-order valence-electron chi connectivity index (χ0n) is 37.4. The fourth-order valence-electron chi connectivity index (χ4n) is 6.97. The monoisotopic (exact) mass is 1170 g/mol. The Morgan fingerprint density at radius 3 is 1.27 bits per heavy atom. The summed E-state index contributed by atoms with van der Waals surface area (Å²) in [6.07, 6.45) is -9.38. The van der Waals surface area contributed by atoms with Gasteiger partial charge in [-0.15, -0.1) is 0 Å². The minimum atomic E-state index is -4.70. The Hall–Kier alpha value is -4.26. The summed E-state index contributed by atoms with van der Waals surface area (Å²) in [5.74, 6) is -0.496. The van der Waals surface area contributed by atoms with Crippen LogP contribution in [0.1, 0.15) is 41.2 Å². The molecule has 2 heterocycles. The third-order valence-corrected chi connectivity index (χ3v) is 12.2. The van der Waals surface area contributed by atoms with E-state index in [9.17, 15) is 36.2 Å². The van der Waals surface area contributed by atoms with Gasteiger partial charge in [0, 0.05) is 11.1 Å². The Morgan fingerprint density at radius 2 is 0.901 bits per heavy atom. The molecule has 366 valence electrons. The standard InChI is InChI=1S/C25H18Cl3F3N2O.C24H14Cl3F3N2O2.CH3.BrH.Mg/c1-24(2,34)16-6-3-5-14(11-16)15-9-10-17(20(28)12-15)21-13-22(25(29,30)31)32-33(21)23-18(26)7-4-8-19(23)27;1-34-23(33)15-5-2-4-13(10-15)14-8-9-16(19(27)11-14)20-12-21(24(28,29)30)31-32(20)22-17(25)6-3-7-18(22)26;;;/h3-13,34H,1-2H3;2-12H,1H3;1H3;1H;/q;;-1;;+2/p-1. The van der Waals surface area contributed by atoms with Gasteiger partial charge in [0.1, 0.15) is 11.4 Å². The predicted octanol–water partition coefficient (Wildman–Crippen LogP) is 13.5. The first kappa shape index (κ1) is 59.3. The molecule has 0 bridgehead atoms. The van der Waals surface area contributed by atoms with Crippen LogP contribution in [0.25, 0.3) is 56.1 Å². The van der Waals surface area contributed by atoms with Crippen molar-refractivity contribution in [2.45, 2.75) is 31.8 Å². The fourth-order valence-corrected chi connectivity index (χ4v) is 8.64. The summed E-state index contributed by atoms with van der Waals surface area (Å²) in [6, 6.07) is 34.9. The van der Waals surface area contributed by atoms with Crippen LogP contribution in [0.5, 0.6) is 0 Å². The molecule has 21 heteroatoms. The number of rotatable bonds is 8. The molecule has 0 aliphatic carbocycles. The summed E-state index contributed by atoms with van der Waals surface area (Å²) in [7, 11) is 1.28. The van der Waals surface area contributed by atoms with Gasteiger partial charge in [-0.3, -0.25) is 0 Å². The quantitative estimate of drug-likeness (QED) is 0.0709. The van der Waals surface area contributed by atoms with Gasteiger partial charge in [0.05, 0.1) is 59.8 Å². The molecular formula is C50H35BrCl6F6MgN4O3. The van der Waals surface area contributed by atoms with Crippen LogP contribution in [0.4, 0.5) is 26.3 Å². The van der Waals surface area contributed by atoms with E-state index in [0.29, 0.717) is 27.8 Å². The van der Waals surface area contributed by atoms with Gasteiger partial charge < -0.3 is 34.3 Å². The maximum Gasteiger partial charge on any atom is 2.00 e. The predicted molar refractivity (Wildman–Crippen MR) is 268 cm³/mol. The first-order valence-electron chi connectivity index (χ1n) is 19.8. The summed E-state index contributed by atoms with van der Waals surface area (Å²) >= 11 is 38.1. The number of hydrogen-bond donors (Lipinski definition) is 1. The Balaban J connectivity index is 0.000000296. The molecule has 6 aromatic carbocycles. The van der Waals surface area contributed by atoms with Gasteiger partial charge in [-0.1, -0.05) is 136 Å². The number of aromatic nitrogens is 4. The molecule has 71 heavy (non-hydrogen) atoms. The summed E-state index contributed by atoms with van der Waals surface area (Å²) in [6.45, 7) is 3.36. The molecule has 0 aliphatic rings. The average molecular weight is 1170 g/mol. The van der Waals surface area contributed by atoms with Crippen LogP contribution < -0.4 is 17.0 Å². The van der Waals surface area contributed by atoms with E-state index in [1.807, 2.05) is 24.3 Å². The number of benzene rings is 6. The number of para-hydroxylation sites is 2. The number of alkyl halides is 6. The van der Waals surface area contributed by atoms with Gasteiger partial charge in [-0.2, -0.15) is 36.5 Å². The van der Waals surface area contributed by atoms with Crippen LogP contribution in [0, 0.1) is 7.43 Å². The van der Waals surface area contributed by atoms with E-state index in [4.69, 9.17) is 74.3 Å². The number of nitrogens with zero attached hydrogens (tertiary/aromatic N) is 4. The van der Waals surface area contributed by atoms with Crippen molar-refractivity contribution in [1.29, 1.82) is 0 Å². The summed E-state index contributed by atoms with van der Waals surface area (Å²) in [4.78, 5) is 11.8. The van der Waals surface area contributed by atoms with Crippen molar-refractivity contribution in [2.24, 2.45) is 0 Å². The molecule has 0 atom stereocenters. The van der Waals surface area contributed by atoms with Crippen LogP contribution >= 0.6 is 69.6 Å². The van der Waals surface area contributed by atoms with Crippen molar-refractivity contribution in [1.82, 2.24) is 19.6 Å². The SMILES string of the molecule is CC(C)(O)c1cccc(-c2ccc(-c3cc(C(F)(F)F)nn3-c3c(Cl)cccc3Cl)c(Cl)c2)c1.COC(=O)c1cccc(-c2ccc(-c3cc(C(F)(F)F)nn3-c3c(Cl)cccc3Cl)c(Cl)c2)c1.[Br-].[CH3-].[Mg+2]. The maximum atomic E-state index is 13.5. The number of esters is 1. The molecule has 0 fully saturated rings. The molecule has 0 amide bonds. The van der Waals surface area contributed by atoms with Crippen molar-refractivity contribution in [3.8, 4) is 56.1 Å². The Morgan fingerprint density at radius 1 is 0.535 bits per heavy atom. The fraction of sp³-hybridized carbons (Fsp3) is 0.120. The largest absolute Gasteiger partial charge is 2.00 e. The van der Waals surface area contributed by atoms with Crippen molar-refractivity contribution in [2.75, 3.05) is 7.11 Å². The van der Waals surface area contributed by atoms with E-state index in [-0.39, 0.29) is 106 Å². The Bertz CT molecular complexity index is 3170. The van der Waals surface area contributed by atoms with Crippen LogP contribution in [-0.4, -0.2) is 60.8 Å². The number of ether oxygens (including phenoxy) is 1. The van der Waals surface area contributed by atoms with E-state index >= 15 is 0 Å². The third kappa shape index (κ3) is 13.3.